The number of anilines is 1. The van der Waals surface area contributed by atoms with E-state index in [0.29, 0.717) is 21.6 Å². The lowest BCUT2D eigenvalue weighted by atomic mass is 9.85. The molecule has 0 atom stereocenters. The van der Waals surface area contributed by atoms with Gasteiger partial charge < -0.3 is 10.3 Å². The van der Waals surface area contributed by atoms with Crippen LogP contribution < -0.4 is 5.32 Å². The predicted molar refractivity (Wildman–Crippen MR) is 107 cm³/mol. The molecule has 1 fully saturated rings. The number of benzene rings is 2. The molecule has 0 aliphatic heterocycles. The van der Waals surface area contributed by atoms with Gasteiger partial charge in [-0.2, -0.15) is 13.2 Å². The van der Waals surface area contributed by atoms with Gasteiger partial charge in [-0.05, 0) is 55.3 Å². The summed E-state index contributed by atoms with van der Waals surface area (Å²) in [5.41, 5.74) is -0.638. The predicted octanol–water partition coefficient (Wildman–Crippen LogP) is 4.82. The maximum Gasteiger partial charge on any atom is 0.435 e. The molecule has 32 heavy (non-hydrogen) atoms. The number of hydrogen-bond donors (Lipinski definition) is 2. The van der Waals surface area contributed by atoms with Gasteiger partial charge in [0.1, 0.15) is 11.6 Å². The summed E-state index contributed by atoms with van der Waals surface area (Å²) in [6, 6.07) is 9.08. The monoisotopic (exact) mass is 444 g/mol. The lowest BCUT2D eigenvalue weighted by molar-refractivity contribution is -0.143. The minimum atomic E-state index is -4.92. The standard InChI is InChI=1S/C21H16F4N6O/c22-12-4-7-14(8-5-12)31-18(21(23,24)25)17(29-30-31)20(32)26-13-6-9-15-16(10-13)28-19(27-15)11-2-1-3-11/h4-11H,1-3H2,(H,26,32)(H,27,28). The fourth-order valence-electron chi connectivity index (χ4n) is 3.62. The Labute approximate surface area is 178 Å². The van der Waals surface area contributed by atoms with Gasteiger partial charge in [0.2, 0.25) is 0 Å². The minimum absolute atomic E-state index is 0.0762. The lowest BCUT2D eigenvalue weighted by Gasteiger charge is -2.22. The van der Waals surface area contributed by atoms with E-state index in [1.807, 2.05) is 0 Å². The van der Waals surface area contributed by atoms with Gasteiger partial charge in [0.15, 0.2) is 11.4 Å². The highest BCUT2D eigenvalue weighted by Gasteiger charge is 2.42. The second-order valence-corrected chi connectivity index (χ2v) is 7.61. The Kier molecular flexibility index (Phi) is 4.68. The number of fused-ring (bicyclic) bond motifs is 1. The van der Waals surface area contributed by atoms with Crippen LogP contribution in [0.4, 0.5) is 23.2 Å². The summed E-state index contributed by atoms with van der Waals surface area (Å²) >= 11 is 0. The fraction of sp³-hybridized carbons (Fsp3) is 0.238. The first-order chi connectivity index (χ1) is 15.3. The molecule has 2 N–H and O–H groups in total. The van der Waals surface area contributed by atoms with Crippen molar-refractivity contribution < 1.29 is 22.4 Å². The van der Waals surface area contributed by atoms with Crippen LogP contribution in [0, 0.1) is 5.82 Å². The zero-order valence-corrected chi connectivity index (χ0v) is 16.4. The molecular weight excluding hydrogens is 428 g/mol. The van der Waals surface area contributed by atoms with E-state index < -0.39 is 29.3 Å². The fourth-order valence-corrected chi connectivity index (χ4v) is 3.62. The summed E-state index contributed by atoms with van der Waals surface area (Å²) in [5, 5.41) is 9.37. The maximum atomic E-state index is 13.8. The summed E-state index contributed by atoms with van der Waals surface area (Å²) in [6.45, 7) is 0. The number of carbonyl (C=O) groups is 1. The lowest BCUT2D eigenvalue weighted by Crippen LogP contribution is -2.21. The van der Waals surface area contributed by atoms with E-state index in [1.165, 1.54) is 0 Å². The van der Waals surface area contributed by atoms with Gasteiger partial charge in [-0.3, -0.25) is 4.79 Å². The number of H-pyrrole nitrogens is 1. The van der Waals surface area contributed by atoms with Gasteiger partial charge in [0, 0.05) is 11.6 Å². The van der Waals surface area contributed by atoms with Crippen LogP contribution in [-0.2, 0) is 6.18 Å². The Hall–Kier alpha value is -3.76. The van der Waals surface area contributed by atoms with E-state index in [4.69, 9.17) is 0 Å². The molecule has 4 aromatic rings. The number of hydrogen-bond acceptors (Lipinski definition) is 4. The molecule has 2 heterocycles. The van der Waals surface area contributed by atoms with Crippen molar-refractivity contribution in [1.29, 1.82) is 0 Å². The van der Waals surface area contributed by atoms with E-state index in [2.05, 4.69) is 25.6 Å². The highest BCUT2D eigenvalue weighted by Crippen LogP contribution is 2.36. The Bertz CT molecular complexity index is 1300. The summed E-state index contributed by atoms with van der Waals surface area (Å²) < 4.78 is 54.9. The zero-order valence-electron chi connectivity index (χ0n) is 16.4. The average Bonchev–Trinajstić information content (AvgIpc) is 3.31. The van der Waals surface area contributed by atoms with Crippen molar-refractivity contribution in [1.82, 2.24) is 25.0 Å². The highest BCUT2D eigenvalue weighted by molar-refractivity contribution is 6.04. The molecule has 164 valence electrons. The summed E-state index contributed by atoms with van der Waals surface area (Å²) in [6.07, 6.45) is -1.64. The van der Waals surface area contributed by atoms with Gasteiger partial charge >= 0.3 is 6.18 Å². The molecular formula is C21H16F4N6O. The van der Waals surface area contributed by atoms with E-state index in [0.717, 1.165) is 49.4 Å². The number of alkyl halides is 3. The third-order valence-electron chi connectivity index (χ3n) is 5.47. The molecule has 11 heteroatoms. The Morgan fingerprint density at radius 1 is 1.12 bits per heavy atom. The summed E-state index contributed by atoms with van der Waals surface area (Å²) in [7, 11) is 0. The van der Waals surface area contributed by atoms with Gasteiger partial charge in [-0.25, -0.2) is 14.1 Å². The first-order valence-corrected chi connectivity index (χ1v) is 9.89. The molecule has 2 aromatic heterocycles. The third-order valence-corrected chi connectivity index (χ3v) is 5.47. The van der Waals surface area contributed by atoms with Crippen LogP contribution in [0.25, 0.3) is 16.7 Å². The van der Waals surface area contributed by atoms with Crippen LogP contribution in [-0.4, -0.2) is 30.9 Å². The number of aromatic nitrogens is 5. The minimum Gasteiger partial charge on any atom is -0.342 e. The van der Waals surface area contributed by atoms with E-state index in [-0.39, 0.29) is 11.4 Å². The van der Waals surface area contributed by atoms with E-state index >= 15 is 0 Å². The topological polar surface area (TPSA) is 88.5 Å². The number of nitrogens with one attached hydrogen (secondary N) is 2. The smallest absolute Gasteiger partial charge is 0.342 e. The van der Waals surface area contributed by atoms with Crippen LogP contribution in [0.2, 0.25) is 0 Å². The summed E-state index contributed by atoms with van der Waals surface area (Å²) in [4.78, 5) is 20.4. The molecule has 1 aliphatic rings. The number of aromatic amines is 1. The van der Waals surface area contributed by atoms with Crippen molar-refractivity contribution in [2.45, 2.75) is 31.4 Å². The first kappa shape index (κ1) is 20.2. The molecule has 0 unspecified atom stereocenters. The number of halogens is 4. The van der Waals surface area contributed by atoms with Crippen LogP contribution >= 0.6 is 0 Å². The molecule has 2 aromatic carbocycles. The van der Waals surface area contributed by atoms with Crippen molar-refractivity contribution in [3.8, 4) is 5.69 Å². The van der Waals surface area contributed by atoms with Crippen LogP contribution in [0.15, 0.2) is 42.5 Å². The average molecular weight is 444 g/mol. The molecule has 7 nitrogen and oxygen atoms in total. The quantitative estimate of drug-likeness (QED) is 0.442. The van der Waals surface area contributed by atoms with Crippen molar-refractivity contribution in [2.24, 2.45) is 0 Å². The van der Waals surface area contributed by atoms with Gasteiger partial charge in [0.25, 0.3) is 5.91 Å². The Morgan fingerprint density at radius 3 is 2.53 bits per heavy atom. The van der Waals surface area contributed by atoms with Gasteiger partial charge in [-0.15, -0.1) is 5.10 Å². The summed E-state index contributed by atoms with van der Waals surface area (Å²) in [5.74, 6) is -0.425. The molecule has 5 rings (SSSR count). The molecule has 0 saturated heterocycles. The molecule has 1 saturated carbocycles. The number of carbonyl (C=O) groups excluding carboxylic acids is 1. The SMILES string of the molecule is O=C(Nc1ccc2nc(C3CCC3)[nH]c2c1)c1nnn(-c2ccc(F)cc2)c1C(F)(F)F. The molecule has 0 bridgehead atoms. The number of imidazole rings is 1. The number of nitrogens with zero attached hydrogens (tertiary/aromatic N) is 4. The third kappa shape index (κ3) is 3.59. The van der Waals surface area contributed by atoms with Gasteiger partial charge in [-0.1, -0.05) is 11.6 Å². The maximum absolute atomic E-state index is 13.8. The first-order valence-electron chi connectivity index (χ1n) is 9.89. The van der Waals surface area contributed by atoms with E-state index in [9.17, 15) is 22.4 Å². The normalized spacial score (nSPS) is 14.5. The largest absolute Gasteiger partial charge is 0.435 e. The van der Waals surface area contributed by atoms with E-state index in [1.54, 1.807) is 18.2 Å². The molecule has 0 spiro atoms. The molecule has 1 aliphatic carbocycles. The molecule has 1 amide bonds. The van der Waals surface area contributed by atoms with Crippen molar-refractivity contribution in [3.63, 3.8) is 0 Å². The van der Waals surface area contributed by atoms with Crippen molar-refractivity contribution in [2.75, 3.05) is 5.32 Å². The molecule has 0 radical (unpaired) electrons. The Balaban J connectivity index is 1.45. The van der Waals surface area contributed by atoms with Crippen LogP contribution in [0.3, 0.4) is 0 Å². The van der Waals surface area contributed by atoms with Crippen LogP contribution in [0.1, 0.15) is 47.2 Å². The van der Waals surface area contributed by atoms with Crippen molar-refractivity contribution >= 4 is 22.6 Å². The second kappa shape index (κ2) is 7.43. The zero-order chi connectivity index (χ0) is 22.5. The number of amides is 1. The Morgan fingerprint density at radius 2 is 1.88 bits per heavy atom. The number of rotatable bonds is 4. The van der Waals surface area contributed by atoms with Gasteiger partial charge in [0.05, 0.1) is 16.7 Å². The van der Waals surface area contributed by atoms with Crippen LogP contribution in [0.5, 0.6) is 0 Å². The highest BCUT2D eigenvalue weighted by atomic mass is 19.4. The van der Waals surface area contributed by atoms with Crippen molar-refractivity contribution in [3.05, 3.63) is 65.5 Å². The second-order valence-electron chi connectivity index (χ2n) is 7.61.